The minimum atomic E-state index is -4.45. The van der Waals surface area contributed by atoms with Gasteiger partial charge in [-0.2, -0.15) is 13.2 Å². The van der Waals surface area contributed by atoms with E-state index in [4.69, 9.17) is 4.74 Å². The molecule has 25 heavy (non-hydrogen) atoms. The van der Waals surface area contributed by atoms with E-state index in [9.17, 15) is 18.0 Å². The summed E-state index contributed by atoms with van der Waals surface area (Å²) in [6.07, 6.45) is -4.45. The number of carbonyl (C=O) groups is 1. The molecule has 0 heterocycles. The SMILES string of the molecule is COc1cccc(CNC(=O)N(C)Cc2ccccc2C(F)(F)F)c1. The first-order valence-corrected chi connectivity index (χ1v) is 7.58. The second kappa shape index (κ2) is 7.92. The van der Waals surface area contributed by atoms with Gasteiger partial charge < -0.3 is 15.0 Å². The lowest BCUT2D eigenvalue weighted by Gasteiger charge is -2.20. The summed E-state index contributed by atoms with van der Waals surface area (Å²) in [6.45, 7) is 0.112. The number of methoxy groups -OCH3 is 1. The van der Waals surface area contributed by atoms with Gasteiger partial charge in [-0.05, 0) is 29.3 Å². The zero-order valence-corrected chi connectivity index (χ0v) is 13.9. The van der Waals surface area contributed by atoms with Crippen molar-refractivity contribution in [3.63, 3.8) is 0 Å². The van der Waals surface area contributed by atoms with Crippen LogP contribution in [0.1, 0.15) is 16.7 Å². The van der Waals surface area contributed by atoms with Gasteiger partial charge in [-0.1, -0.05) is 30.3 Å². The van der Waals surface area contributed by atoms with E-state index in [0.717, 1.165) is 11.6 Å². The molecule has 0 saturated carbocycles. The van der Waals surface area contributed by atoms with Gasteiger partial charge in [0.1, 0.15) is 5.75 Å². The summed E-state index contributed by atoms with van der Waals surface area (Å²) in [4.78, 5) is 13.4. The van der Waals surface area contributed by atoms with E-state index in [0.29, 0.717) is 5.75 Å². The van der Waals surface area contributed by atoms with E-state index < -0.39 is 17.8 Å². The largest absolute Gasteiger partial charge is 0.497 e. The number of amides is 2. The molecule has 0 fully saturated rings. The maximum absolute atomic E-state index is 13.0. The third kappa shape index (κ3) is 5.14. The highest BCUT2D eigenvalue weighted by Crippen LogP contribution is 2.32. The summed E-state index contributed by atoms with van der Waals surface area (Å²) in [5, 5.41) is 2.68. The number of benzene rings is 2. The van der Waals surface area contributed by atoms with E-state index in [1.165, 1.54) is 30.1 Å². The average molecular weight is 352 g/mol. The highest BCUT2D eigenvalue weighted by atomic mass is 19.4. The van der Waals surface area contributed by atoms with Crippen LogP contribution < -0.4 is 10.1 Å². The second-order valence-corrected chi connectivity index (χ2v) is 5.52. The smallest absolute Gasteiger partial charge is 0.416 e. The van der Waals surface area contributed by atoms with Crippen molar-refractivity contribution in [2.75, 3.05) is 14.2 Å². The Morgan fingerprint density at radius 1 is 1.16 bits per heavy atom. The van der Waals surface area contributed by atoms with E-state index in [1.54, 1.807) is 25.3 Å². The normalized spacial score (nSPS) is 11.1. The van der Waals surface area contributed by atoms with Crippen molar-refractivity contribution >= 4 is 6.03 Å². The highest BCUT2D eigenvalue weighted by Gasteiger charge is 2.33. The molecule has 7 heteroatoms. The number of nitrogens with one attached hydrogen (secondary N) is 1. The molecular formula is C18H19F3N2O2. The molecule has 4 nitrogen and oxygen atoms in total. The molecule has 0 spiro atoms. The number of rotatable bonds is 5. The molecule has 0 atom stereocenters. The van der Waals surface area contributed by atoms with E-state index in [1.807, 2.05) is 6.07 Å². The average Bonchev–Trinajstić information content (AvgIpc) is 2.59. The van der Waals surface area contributed by atoms with Crippen molar-refractivity contribution in [1.82, 2.24) is 10.2 Å². The number of alkyl halides is 3. The Morgan fingerprint density at radius 3 is 2.56 bits per heavy atom. The summed E-state index contributed by atoms with van der Waals surface area (Å²) < 4.78 is 44.1. The summed E-state index contributed by atoms with van der Waals surface area (Å²) in [7, 11) is 3.00. The third-order valence-electron chi connectivity index (χ3n) is 3.65. The second-order valence-electron chi connectivity index (χ2n) is 5.52. The Morgan fingerprint density at radius 2 is 1.88 bits per heavy atom. The Labute approximate surface area is 144 Å². The number of carbonyl (C=O) groups excluding carboxylic acids is 1. The standard InChI is InChI=1S/C18H19F3N2O2/c1-23(12-14-7-3-4-9-16(14)18(19,20)21)17(24)22-11-13-6-5-8-15(10-13)25-2/h3-10H,11-12H2,1-2H3,(H,22,24). The molecule has 0 aliphatic rings. The van der Waals surface area contributed by atoms with Crippen molar-refractivity contribution < 1.29 is 22.7 Å². The van der Waals surface area contributed by atoms with Gasteiger partial charge >= 0.3 is 12.2 Å². The van der Waals surface area contributed by atoms with Crippen LogP contribution >= 0.6 is 0 Å². The zero-order valence-electron chi connectivity index (χ0n) is 13.9. The van der Waals surface area contributed by atoms with Crippen LogP contribution in [0.3, 0.4) is 0 Å². The molecule has 0 saturated heterocycles. The maximum atomic E-state index is 13.0. The molecule has 0 aliphatic carbocycles. The Balaban J connectivity index is 1.99. The number of nitrogens with zero attached hydrogens (tertiary/aromatic N) is 1. The molecule has 2 aromatic carbocycles. The van der Waals surface area contributed by atoms with Gasteiger partial charge in [0, 0.05) is 20.1 Å². The lowest BCUT2D eigenvalue weighted by molar-refractivity contribution is -0.138. The van der Waals surface area contributed by atoms with Gasteiger partial charge in [0.2, 0.25) is 0 Å². The van der Waals surface area contributed by atoms with E-state index in [2.05, 4.69) is 5.32 Å². The molecule has 2 rings (SSSR count). The summed E-state index contributed by atoms with van der Waals surface area (Å²) in [5.74, 6) is 0.666. The molecule has 0 radical (unpaired) electrons. The minimum Gasteiger partial charge on any atom is -0.497 e. The van der Waals surface area contributed by atoms with Crippen molar-refractivity contribution in [2.24, 2.45) is 0 Å². The Kier molecular flexibility index (Phi) is 5.90. The minimum absolute atomic E-state index is 0.0500. The molecule has 134 valence electrons. The first kappa shape index (κ1) is 18.6. The lowest BCUT2D eigenvalue weighted by atomic mass is 10.1. The van der Waals surface area contributed by atoms with E-state index in [-0.39, 0.29) is 18.7 Å². The van der Waals surface area contributed by atoms with Crippen LogP contribution in [0.2, 0.25) is 0 Å². The lowest BCUT2D eigenvalue weighted by Crippen LogP contribution is -2.36. The van der Waals surface area contributed by atoms with Crippen LogP contribution in [0, 0.1) is 0 Å². The summed E-state index contributed by atoms with van der Waals surface area (Å²) in [6, 6.07) is 11.9. The summed E-state index contributed by atoms with van der Waals surface area (Å²) in [5.41, 5.74) is 0.147. The monoisotopic (exact) mass is 352 g/mol. The quantitative estimate of drug-likeness (QED) is 0.882. The van der Waals surface area contributed by atoms with Gasteiger partial charge in [-0.15, -0.1) is 0 Å². The predicted octanol–water partition coefficient (Wildman–Crippen LogP) is 4.06. The van der Waals surface area contributed by atoms with Crippen molar-refractivity contribution in [3.8, 4) is 5.75 Å². The fourth-order valence-corrected chi connectivity index (χ4v) is 2.36. The molecule has 0 unspecified atom stereocenters. The first-order valence-electron chi connectivity index (χ1n) is 7.58. The van der Waals surface area contributed by atoms with E-state index >= 15 is 0 Å². The van der Waals surface area contributed by atoms with Crippen LogP contribution in [-0.4, -0.2) is 25.1 Å². The fourth-order valence-electron chi connectivity index (χ4n) is 2.36. The molecule has 0 aliphatic heterocycles. The molecule has 0 aromatic heterocycles. The van der Waals surface area contributed by atoms with Gasteiger partial charge in [0.25, 0.3) is 0 Å². The molecule has 2 amide bonds. The van der Waals surface area contributed by atoms with Gasteiger partial charge in [-0.25, -0.2) is 4.79 Å². The van der Waals surface area contributed by atoms with Gasteiger partial charge in [0.15, 0.2) is 0 Å². The Bertz CT molecular complexity index is 732. The number of ether oxygens (including phenoxy) is 1. The number of urea groups is 1. The fraction of sp³-hybridized carbons (Fsp3) is 0.278. The number of hydrogen-bond donors (Lipinski definition) is 1. The molecule has 2 aromatic rings. The number of halogens is 3. The van der Waals surface area contributed by atoms with Gasteiger partial charge in [0.05, 0.1) is 12.7 Å². The van der Waals surface area contributed by atoms with Crippen LogP contribution in [0.5, 0.6) is 5.75 Å². The highest BCUT2D eigenvalue weighted by molar-refractivity contribution is 5.73. The Hall–Kier alpha value is -2.70. The maximum Gasteiger partial charge on any atom is 0.416 e. The van der Waals surface area contributed by atoms with Gasteiger partial charge in [-0.3, -0.25) is 0 Å². The van der Waals surface area contributed by atoms with Crippen molar-refractivity contribution in [2.45, 2.75) is 19.3 Å². The summed E-state index contributed by atoms with van der Waals surface area (Å²) >= 11 is 0. The number of hydrogen-bond acceptors (Lipinski definition) is 2. The topological polar surface area (TPSA) is 41.6 Å². The van der Waals surface area contributed by atoms with Crippen molar-refractivity contribution in [3.05, 3.63) is 65.2 Å². The molecule has 0 bridgehead atoms. The van der Waals surface area contributed by atoms with Crippen LogP contribution in [-0.2, 0) is 19.3 Å². The van der Waals surface area contributed by atoms with Crippen molar-refractivity contribution in [1.29, 1.82) is 0 Å². The molecule has 1 N–H and O–H groups in total. The first-order chi connectivity index (χ1) is 11.8. The van der Waals surface area contributed by atoms with Crippen LogP contribution in [0.25, 0.3) is 0 Å². The predicted molar refractivity (Wildman–Crippen MR) is 88.1 cm³/mol. The zero-order chi connectivity index (χ0) is 18.4. The third-order valence-corrected chi connectivity index (χ3v) is 3.65. The molecular weight excluding hydrogens is 333 g/mol. The van der Waals surface area contributed by atoms with Crippen LogP contribution in [0.15, 0.2) is 48.5 Å². The van der Waals surface area contributed by atoms with Crippen LogP contribution in [0.4, 0.5) is 18.0 Å².